The van der Waals surface area contributed by atoms with Crippen LogP contribution in [0, 0.1) is 5.82 Å². The Morgan fingerprint density at radius 1 is 1.06 bits per heavy atom. The first-order valence-electron chi connectivity index (χ1n) is 8.88. The Kier molecular flexibility index (Phi) is 7.04. The lowest BCUT2D eigenvalue weighted by molar-refractivity contribution is -0.114. The van der Waals surface area contributed by atoms with Gasteiger partial charge in [-0.1, -0.05) is 29.3 Å². The Hall–Kier alpha value is -2.81. The number of nitrogens with zero attached hydrogens (tertiary/aromatic N) is 1. The highest BCUT2D eigenvalue weighted by molar-refractivity contribution is 7.92. The fourth-order valence-corrected chi connectivity index (χ4v) is 4.50. The van der Waals surface area contributed by atoms with Gasteiger partial charge in [-0.3, -0.25) is 9.10 Å². The van der Waals surface area contributed by atoms with E-state index in [-0.39, 0.29) is 21.3 Å². The van der Waals surface area contributed by atoms with Crippen LogP contribution in [-0.2, 0) is 14.8 Å². The minimum absolute atomic E-state index is 0.0362. The number of carbonyl (C=O) groups is 1. The first-order chi connectivity index (χ1) is 14.7. The van der Waals surface area contributed by atoms with Gasteiger partial charge in [0.25, 0.3) is 10.0 Å². The Morgan fingerprint density at radius 2 is 1.77 bits per heavy atom. The third-order valence-corrected chi connectivity index (χ3v) is 6.55. The van der Waals surface area contributed by atoms with Gasteiger partial charge in [-0.25, -0.2) is 12.8 Å². The average molecular weight is 483 g/mol. The van der Waals surface area contributed by atoms with Gasteiger partial charge in [-0.05, 0) is 60.7 Å². The number of hydrogen-bond acceptors (Lipinski definition) is 4. The molecule has 6 nitrogen and oxygen atoms in total. The van der Waals surface area contributed by atoms with Crippen molar-refractivity contribution in [1.29, 1.82) is 0 Å². The van der Waals surface area contributed by atoms with Gasteiger partial charge in [0, 0.05) is 10.7 Å². The standard InChI is InChI=1S/C21H17Cl2FN2O4S/c1-30-17-6-8-18(9-7-17)31(28,29)26(16-4-2-3-14(22)11-16)13-21(27)25-15-5-10-20(24)19(23)12-15/h2-12H,13H2,1H3,(H,25,27). The summed E-state index contributed by atoms with van der Waals surface area (Å²) in [5.41, 5.74) is 0.430. The molecule has 0 heterocycles. The first-order valence-corrected chi connectivity index (χ1v) is 11.1. The molecule has 0 aromatic heterocycles. The van der Waals surface area contributed by atoms with Crippen molar-refractivity contribution in [2.24, 2.45) is 0 Å². The maximum atomic E-state index is 13.3. The molecular formula is C21H17Cl2FN2O4S. The summed E-state index contributed by atoms with van der Waals surface area (Å²) in [6.45, 7) is -0.552. The van der Waals surface area contributed by atoms with Crippen LogP contribution < -0.4 is 14.4 Å². The van der Waals surface area contributed by atoms with E-state index in [0.29, 0.717) is 10.8 Å². The molecule has 0 saturated carbocycles. The summed E-state index contributed by atoms with van der Waals surface area (Å²) >= 11 is 11.8. The second-order valence-corrected chi connectivity index (χ2v) is 9.05. The van der Waals surface area contributed by atoms with Gasteiger partial charge in [0.1, 0.15) is 18.1 Å². The summed E-state index contributed by atoms with van der Waals surface area (Å²) in [5.74, 6) is -0.804. The zero-order valence-electron chi connectivity index (χ0n) is 16.2. The molecule has 0 radical (unpaired) electrons. The molecule has 1 N–H and O–H groups in total. The van der Waals surface area contributed by atoms with Crippen molar-refractivity contribution in [1.82, 2.24) is 0 Å². The van der Waals surface area contributed by atoms with E-state index in [0.717, 1.165) is 10.4 Å². The summed E-state index contributed by atoms with van der Waals surface area (Å²) < 4.78 is 46.0. The number of benzene rings is 3. The molecule has 3 aromatic carbocycles. The number of methoxy groups -OCH3 is 1. The molecule has 0 aliphatic rings. The summed E-state index contributed by atoms with van der Waals surface area (Å²) in [5, 5.41) is 2.65. The molecule has 0 bridgehead atoms. The molecule has 0 atom stereocenters. The fraction of sp³-hybridized carbons (Fsp3) is 0.0952. The smallest absolute Gasteiger partial charge is 0.264 e. The number of sulfonamides is 1. The molecule has 0 aliphatic carbocycles. The van der Waals surface area contributed by atoms with E-state index in [2.05, 4.69) is 5.32 Å². The van der Waals surface area contributed by atoms with Gasteiger partial charge in [0.05, 0.1) is 22.7 Å². The van der Waals surface area contributed by atoms with E-state index < -0.39 is 28.3 Å². The second-order valence-electron chi connectivity index (χ2n) is 6.34. The van der Waals surface area contributed by atoms with Crippen molar-refractivity contribution in [3.8, 4) is 5.75 Å². The van der Waals surface area contributed by atoms with Crippen LogP contribution in [0.4, 0.5) is 15.8 Å². The number of carbonyl (C=O) groups excluding carboxylic acids is 1. The van der Waals surface area contributed by atoms with E-state index in [1.807, 2.05) is 0 Å². The highest BCUT2D eigenvalue weighted by Gasteiger charge is 2.27. The van der Waals surface area contributed by atoms with Crippen LogP contribution in [0.1, 0.15) is 0 Å². The molecule has 0 fully saturated rings. The predicted octanol–water partition coefficient (Wildman–Crippen LogP) is 4.98. The van der Waals surface area contributed by atoms with Gasteiger partial charge >= 0.3 is 0 Å². The van der Waals surface area contributed by atoms with Crippen molar-refractivity contribution in [2.75, 3.05) is 23.3 Å². The van der Waals surface area contributed by atoms with Crippen molar-refractivity contribution in [2.45, 2.75) is 4.90 Å². The van der Waals surface area contributed by atoms with Crippen LogP contribution in [0.25, 0.3) is 0 Å². The van der Waals surface area contributed by atoms with Crippen molar-refractivity contribution >= 4 is 50.5 Å². The third-order valence-electron chi connectivity index (χ3n) is 4.23. The maximum Gasteiger partial charge on any atom is 0.264 e. The molecule has 3 aromatic rings. The summed E-state index contributed by atoms with van der Waals surface area (Å²) in [7, 11) is -2.66. The van der Waals surface area contributed by atoms with E-state index >= 15 is 0 Å². The molecule has 10 heteroatoms. The SMILES string of the molecule is COc1ccc(S(=O)(=O)N(CC(=O)Nc2ccc(F)c(Cl)c2)c2cccc(Cl)c2)cc1. The average Bonchev–Trinajstić information content (AvgIpc) is 2.74. The lowest BCUT2D eigenvalue weighted by Crippen LogP contribution is -2.38. The Bertz CT molecular complexity index is 1200. The van der Waals surface area contributed by atoms with Crippen molar-refractivity contribution in [3.63, 3.8) is 0 Å². The Balaban J connectivity index is 1.94. The van der Waals surface area contributed by atoms with Crippen LogP contribution in [0.5, 0.6) is 5.75 Å². The normalized spacial score (nSPS) is 11.1. The summed E-state index contributed by atoms with van der Waals surface area (Å²) in [6, 6.07) is 15.5. The van der Waals surface area contributed by atoms with Crippen LogP contribution in [0.2, 0.25) is 10.0 Å². The number of anilines is 2. The van der Waals surface area contributed by atoms with Crippen molar-refractivity contribution < 1.29 is 22.3 Å². The van der Waals surface area contributed by atoms with Gasteiger partial charge in [0.2, 0.25) is 5.91 Å². The quantitative estimate of drug-likeness (QED) is 0.515. The van der Waals surface area contributed by atoms with Crippen LogP contribution in [0.3, 0.4) is 0 Å². The molecule has 31 heavy (non-hydrogen) atoms. The highest BCUT2D eigenvalue weighted by atomic mass is 35.5. The highest BCUT2D eigenvalue weighted by Crippen LogP contribution is 2.27. The molecule has 0 spiro atoms. The topological polar surface area (TPSA) is 75.7 Å². The van der Waals surface area contributed by atoms with E-state index in [9.17, 15) is 17.6 Å². The van der Waals surface area contributed by atoms with Gasteiger partial charge < -0.3 is 10.1 Å². The van der Waals surface area contributed by atoms with E-state index in [1.54, 1.807) is 12.1 Å². The lowest BCUT2D eigenvalue weighted by Gasteiger charge is -2.24. The van der Waals surface area contributed by atoms with Gasteiger partial charge in [-0.2, -0.15) is 0 Å². The molecule has 0 saturated heterocycles. The fourth-order valence-electron chi connectivity index (χ4n) is 2.73. The molecule has 0 unspecified atom stereocenters. The maximum absolute atomic E-state index is 13.3. The molecule has 1 amide bonds. The monoisotopic (exact) mass is 482 g/mol. The second kappa shape index (κ2) is 9.55. The van der Waals surface area contributed by atoms with Crippen LogP contribution >= 0.6 is 23.2 Å². The third kappa shape index (κ3) is 5.46. The van der Waals surface area contributed by atoms with Crippen molar-refractivity contribution in [3.05, 3.63) is 82.6 Å². The first kappa shape index (κ1) is 22.9. The summed E-state index contributed by atoms with van der Waals surface area (Å²) in [6.07, 6.45) is 0. The van der Waals surface area contributed by atoms with Gasteiger partial charge in [-0.15, -0.1) is 0 Å². The number of hydrogen-bond donors (Lipinski definition) is 1. The summed E-state index contributed by atoms with van der Waals surface area (Å²) in [4.78, 5) is 12.6. The number of rotatable bonds is 7. The van der Waals surface area contributed by atoms with Crippen LogP contribution in [0.15, 0.2) is 71.6 Å². The largest absolute Gasteiger partial charge is 0.497 e. The molecule has 162 valence electrons. The number of ether oxygens (including phenoxy) is 1. The molecule has 3 rings (SSSR count). The zero-order chi connectivity index (χ0) is 22.6. The van der Waals surface area contributed by atoms with Gasteiger partial charge in [0.15, 0.2) is 0 Å². The number of halogens is 3. The number of nitrogens with one attached hydrogen (secondary N) is 1. The van der Waals surface area contributed by atoms with E-state index in [1.165, 1.54) is 55.6 Å². The minimum Gasteiger partial charge on any atom is -0.497 e. The zero-order valence-corrected chi connectivity index (χ0v) is 18.5. The Labute approximate surface area is 189 Å². The van der Waals surface area contributed by atoms with Crippen LogP contribution in [-0.4, -0.2) is 28.0 Å². The Morgan fingerprint density at radius 3 is 2.39 bits per heavy atom. The predicted molar refractivity (Wildman–Crippen MR) is 119 cm³/mol. The molecule has 0 aliphatic heterocycles. The minimum atomic E-state index is -4.13. The lowest BCUT2D eigenvalue weighted by atomic mass is 10.3. The number of amides is 1. The molecular weight excluding hydrogens is 466 g/mol. The van der Waals surface area contributed by atoms with E-state index in [4.69, 9.17) is 27.9 Å².